The molecule has 0 bridgehead atoms. The first-order valence-corrected chi connectivity index (χ1v) is 14.7. The SMILES string of the molecule is CC(C)(C)CC(C)(C)C(C(C(C)(C)CC(C)(C)C)C(C)(C)CC(C)(C)C(=O)O)C(C)(C)CC(C)(C)C(=O)O. The normalized spacial score (nSPS) is 16.8. The van der Waals surface area contributed by atoms with E-state index in [0.29, 0.717) is 12.8 Å². The van der Waals surface area contributed by atoms with E-state index in [-0.39, 0.29) is 44.3 Å². The van der Waals surface area contributed by atoms with Crippen molar-refractivity contribution in [2.75, 3.05) is 0 Å². The summed E-state index contributed by atoms with van der Waals surface area (Å²) in [4.78, 5) is 24.7. The van der Waals surface area contributed by atoms with E-state index >= 15 is 0 Å². The minimum absolute atomic E-state index is 0.0867. The average molecular weight is 539 g/mol. The third-order valence-corrected chi connectivity index (χ3v) is 8.63. The van der Waals surface area contributed by atoms with E-state index in [1.54, 1.807) is 0 Å². The summed E-state index contributed by atoms with van der Waals surface area (Å²) in [6.45, 7) is 39.7. The van der Waals surface area contributed by atoms with Crippen LogP contribution >= 0.6 is 0 Å². The molecule has 0 aromatic heterocycles. The Morgan fingerprint density at radius 1 is 0.421 bits per heavy atom. The average Bonchev–Trinajstić information content (AvgIpc) is 2.52. The van der Waals surface area contributed by atoms with Crippen molar-refractivity contribution in [2.45, 2.75) is 150 Å². The summed E-state index contributed by atoms with van der Waals surface area (Å²) in [5.74, 6) is -1.25. The van der Waals surface area contributed by atoms with Crippen LogP contribution in [0.25, 0.3) is 0 Å². The second-order valence-electron chi connectivity index (χ2n) is 19.1. The highest BCUT2D eigenvalue weighted by atomic mass is 16.4. The molecule has 4 nitrogen and oxygen atoms in total. The van der Waals surface area contributed by atoms with E-state index in [1.165, 1.54) is 0 Å². The molecule has 0 saturated heterocycles. The summed E-state index contributed by atoms with van der Waals surface area (Å²) in [6, 6.07) is 0. The summed E-state index contributed by atoms with van der Waals surface area (Å²) >= 11 is 0. The first kappa shape index (κ1) is 36.9. The van der Waals surface area contributed by atoms with Crippen LogP contribution in [0.1, 0.15) is 150 Å². The minimum Gasteiger partial charge on any atom is -0.481 e. The largest absolute Gasteiger partial charge is 0.481 e. The van der Waals surface area contributed by atoms with Crippen molar-refractivity contribution >= 4 is 11.9 Å². The molecule has 0 aliphatic carbocycles. The van der Waals surface area contributed by atoms with E-state index < -0.39 is 22.8 Å². The first-order valence-electron chi connectivity index (χ1n) is 14.7. The summed E-state index contributed by atoms with van der Waals surface area (Å²) in [5, 5.41) is 20.3. The zero-order valence-corrected chi connectivity index (χ0v) is 28.7. The fourth-order valence-corrected chi connectivity index (χ4v) is 9.52. The Morgan fingerprint density at radius 2 is 0.605 bits per heavy atom. The molecule has 0 amide bonds. The van der Waals surface area contributed by atoms with Crippen molar-refractivity contribution in [3.8, 4) is 0 Å². The number of carboxylic acids is 2. The van der Waals surface area contributed by atoms with Gasteiger partial charge in [0, 0.05) is 0 Å². The van der Waals surface area contributed by atoms with E-state index in [4.69, 9.17) is 0 Å². The van der Waals surface area contributed by atoms with E-state index in [1.807, 2.05) is 27.7 Å². The lowest BCUT2D eigenvalue weighted by Crippen LogP contribution is -2.55. The zero-order chi connectivity index (χ0) is 31.1. The van der Waals surface area contributed by atoms with Crippen molar-refractivity contribution in [3.63, 3.8) is 0 Å². The number of rotatable bonds is 13. The Kier molecular flexibility index (Phi) is 10.8. The third kappa shape index (κ3) is 10.2. The molecule has 0 aliphatic rings. The molecule has 0 saturated carbocycles. The van der Waals surface area contributed by atoms with Gasteiger partial charge in [-0.05, 0) is 97.7 Å². The van der Waals surface area contributed by atoms with Crippen LogP contribution in [0.5, 0.6) is 0 Å². The van der Waals surface area contributed by atoms with Gasteiger partial charge in [0.15, 0.2) is 0 Å². The van der Waals surface area contributed by atoms with Crippen molar-refractivity contribution < 1.29 is 19.8 Å². The Bertz CT molecular complexity index is 756. The Morgan fingerprint density at radius 3 is 0.763 bits per heavy atom. The van der Waals surface area contributed by atoms with E-state index in [9.17, 15) is 19.8 Å². The van der Waals surface area contributed by atoms with Gasteiger partial charge in [0.25, 0.3) is 0 Å². The van der Waals surface area contributed by atoms with Gasteiger partial charge < -0.3 is 10.2 Å². The van der Waals surface area contributed by atoms with Crippen LogP contribution in [0.2, 0.25) is 0 Å². The molecular formula is C34H66O4. The van der Waals surface area contributed by atoms with Crippen LogP contribution in [0, 0.1) is 55.2 Å². The third-order valence-electron chi connectivity index (χ3n) is 8.63. The van der Waals surface area contributed by atoms with Crippen LogP contribution in [-0.4, -0.2) is 22.2 Å². The van der Waals surface area contributed by atoms with Crippen molar-refractivity contribution in [1.82, 2.24) is 0 Å². The number of hydrogen-bond donors (Lipinski definition) is 2. The van der Waals surface area contributed by atoms with Gasteiger partial charge in [-0.15, -0.1) is 0 Å². The van der Waals surface area contributed by atoms with Gasteiger partial charge in [-0.25, -0.2) is 0 Å². The van der Waals surface area contributed by atoms with E-state index in [0.717, 1.165) is 12.8 Å². The van der Waals surface area contributed by atoms with Gasteiger partial charge in [-0.2, -0.15) is 0 Å². The van der Waals surface area contributed by atoms with Gasteiger partial charge in [0.05, 0.1) is 10.8 Å². The molecule has 0 aromatic carbocycles. The molecule has 0 rings (SSSR count). The predicted octanol–water partition coefficient (Wildman–Crippen LogP) is 10.2. The predicted molar refractivity (Wildman–Crippen MR) is 162 cm³/mol. The molecule has 0 fully saturated rings. The fraction of sp³-hybridized carbons (Fsp3) is 0.941. The van der Waals surface area contributed by atoms with Crippen molar-refractivity contribution in [1.29, 1.82) is 0 Å². The van der Waals surface area contributed by atoms with Crippen LogP contribution in [-0.2, 0) is 9.59 Å². The maximum absolute atomic E-state index is 12.3. The molecular weight excluding hydrogens is 472 g/mol. The summed E-state index contributed by atoms with van der Waals surface area (Å²) in [7, 11) is 0. The fourth-order valence-electron chi connectivity index (χ4n) is 9.52. The van der Waals surface area contributed by atoms with Crippen LogP contribution in [0.3, 0.4) is 0 Å². The topological polar surface area (TPSA) is 74.6 Å². The van der Waals surface area contributed by atoms with Gasteiger partial charge >= 0.3 is 11.9 Å². The molecule has 2 unspecified atom stereocenters. The summed E-state index contributed by atoms with van der Waals surface area (Å²) in [5.41, 5.74) is -2.46. The highest BCUT2D eigenvalue weighted by Gasteiger charge is 2.57. The van der Waals surface area contributed by atoms with Gasteiger partial charge in [-0.3, -0.25) is 9.59 Å². The van der Waals surface area contributed by atoms with Gasteiger partial charge in [0.1, 0.15) is 0 Å². The van der Waals surface area contributed by atoms with E-state index in [2.05, 4.69) is 96.9 Å². The molecule has 2 atom stereocenters. The second-order valence-corrected chi connectivity index (χ2v) is 19.1. The van der Waals surface area contributed by atoms with Crippen LogP contribution in [0.15, 0.2) is 0 Å². The Hall–Kier alpha value is -1.06. The molecule has 226 valence electrons. The summed E-state index contributed by atoms with van der Waals surface area (Å²) < 4.78 is 0. The molecule has 4 heteroatoms. The molecule has 0 radical (unpaired) electrons. The van der Waals surface area contributed by atoms with Crippen molar-refractivity contribution in [2.24, 2.45) is 55.2 Å². The van der Waals surface area contributed by atoms with Gasteiger partial charge in [0.2, 0.25) is 0 Å². The lowest BCUT2D eigenvalue weighted by molar-refractivity contribution is -0.160. The van der Waals surface area contributed by atoms with Crippen LogP contribution < -0.4 is 0 Å². The number of aliphatic carboxylic acids is 2. The molecule has 0 aliphatic heterocycles. The molecule has 0 aromatic rings. The van der Waals surface area contributed by atoms with Gasteiger partial charge in [-0.1, -0.05) is 96.9 Å². The lowest BCUT2D eigenvalue weighted by atomic mass is 9.43. The maximum atomic E-state index is 12.3. The highest BCUT2D eigenvalue weighted by Crippen LogP contribution is 2.64. The second kappa shape index (κ2) is 11.1. The number of carboxylic acid groups (broad SMARTS) is 2. The van der Waals surface area contributed by atoms with Crippen LogP contribution in [0.4, 0.5) is 0 Å². The zero-order valence-electron chi connectivity index (χ0n) is 28.7. The Labute approximate surface area is 237 Å². The monoisotopic (exact) mass is 538 g/mol. The molecule has 2 N–H and O–H groups in total. The highest BCUT2D eigenvalue weighted by molar-refractivity contribution is 5.74. The maximum Gasteiger partial charge on any atom is 0.309 e. The first-order chi connectivity index (χ1) is 16.2. The molecule has 38 heavy (non-hydrogen) atoms. The number of hydrogen-bond acceptors (Lipinski definition) is 2. The van der Waals surface area contributed by atoms with Crippen molar-refractivity contribution in [3.05, 3.63) is 0 Å². The molecule has 0 spiro atoms. The quantitative estimate of drug-likeness (QED) is 0.244. The number of carbonyl (C=O) groups is 2. The minimum atomic E-state index is -0.872. The molecule has 0 heterocycles. The standard InChI is InChI=1S/C34H66O4/c1-27(2,3)19-29(7,8)23(31(11,12)21-33(15,16)25(35)36)24(30(9,10)20-28(4,5)6)32(13,14)22-34(17,18)26(37)38/h23-24H,19-22H2,1-18H3,(H,35,36)(H,37,38). The Balaban J connectivity index is 7.60. The smallest absolute Gasteiger partial charge is 0.309 e. The summed E-state index contributed by atoms with van der Waals surface area (Å²) in [6.07, 6.45) is 3.08. The lowest BCUT2D eigenvalue weighted by Gasteiger charge is -2.61.